The Kier molecular flexibility index (Phi) is 23.5. The van der Waals surface area contributed by atoms with E-state index >= 15 is 0 Å². The van der Waals surface area contributed by atoms with Gasteiger partial charge in [0.1, 0.15) is 59.1 Å². The molecule has 17 nitrogen and oxygen atoms in total. The monoisotopic (exact) mass is 1310 g/mol. The summed E-state index contributed by atoms with van der Waals surface area (Å²) in [4.78, 5) is 39.6. The van der Waals surface area contributed by atoms with Gasteiger partial charge in [0.25, 0.3) is 0 Å². The average Bonchev–Trinajstić information content (AvgIpc) is 1.61. The van der Waals surface area contributed by atoms with Gasteiger partial charge in [0.2, 0.25) is 0 Å². The number of nitrogen functional groups attached to an aromatic ring is 3. The molecular formula is C73H106N12O5Si3. The van der Waals surface area contributed by atoms with Gasteiger partial charge in [0, 0.05) is 68.8 Å². The van der Waals surface area contributed by atoms with Crippen LogP contribution in [0, 0.1) is 20.8 Å². The molecule has 9 rings (SSSR count). The second-order valence-corrected chi connectivity index (χ2v) is 43.4. The molecule has 0 radical (unpaired) electrons. The molecule has 0 saturated carbocycles. The van der Waals surface area contributed by atoms with Gasteiger partial charge in [0.15, 0.2) is 30.7 Å². The maximum absolute atomic E-state index is 13.2. The van der Waals surface area contributed by atoms with Crippen LogP contribution in [0.15, 0.2) is 105 Å². The highest BCUT2D eigenvalue weighted by atomic mass is 28.4. The number of carbonyl (C=O) groups is 1. The number of hydrogen-bond donors (Lipinski definition) is 3. The number of ether oxygens (including phenoxy) is 1. The summed E-state index contributed by atoms with van der Waals surface area (Å²) in [6.07, 6.45) is 9.66. The number of nitrogens with two attached hydrogens (primary N) is 3. The lowest BCUT2D eigenvalue weighted by Gasteiger charge is -2.36. The first kappa shape index (κ1) is 73.1. The standard InChI is InChI=1S/C26H38N4O2Si.C25H36N4O2Si.C22H32N4OSi/c1-9-31-19(3)23-21(20-13-11-18(2)12-14-20)22-24(27)28-17-29-25(22)30(23)15-10-16-32-33(7,8)26(4,5)6;1-8-19(30)22-20(18-12-10-17(2)11-13-18)21-23(26)27-16-28-24(21)29(22)14-9-15-31-32(6,7)25(3,4)5;1-16-8-10-17(11-9-16)18-14-26(21-19(18)20(23)24-15-25-21)12-7-13-27-28(5,6)22(2,3)4/h11-14,17H,3,9-10,15-16H2,1-2,4-8H3,(H2,27,28,29);10-13,16H,8-9,14-15H2,1-7H3,(H2,26,27,28);8-11,14-15H,7,12-13H2,1-6H3,(H2,23,24,25). The third-order valence-electron chi connectivity index (χ3n) is 19.0. The van der Waals surface area contributed by atoms with Crippen LogP contribution in [0.2, 0.25) is 54.4 Å². The summed E-state index contributed by atoms with van der Waals surface area (Å²) < 4.78 is 31.4. The molecule has 3 aromatic carbocycles. The Morgan fingerprint density at radius 1 is 0.484 bits per heavy atom. The molecule has 0 aliphatic rings. The van der Waals surface area contributed by atoms with Crippen LogP contribution in [0.5, 0.6) is 0 Å². The molecule has 6 heterocycles. The summed E-state index contributed by atoms with van der Waals surface area (Å²) in [5.41, 5.74) is 32.4. The normalized spacial score (nSPS) is 12.5. The smallest absolute Gasteiger partial charge is 0.191 e. The van der Waals surface area contributed by atoms with Crippen LogP contribution in [0.4, 0.5) is 17.5 Å². The fraction of sp³-hybridized carbons (Fsp3) is 0.466. The zero-order valence-corrected chi connectivity index (χ0v) is 62.5. The first-order chi connectivity index (χ1) is 43.5. The molecule has 0 amide bonds. The number of rotatable bonds is 23. The predicted octanol–water partition coefficient (Wildman–Crippen LogP) is 17.8. The largest absolute Gasteiger partial charge is 0.492 e. The van der Waals surface area contributed by atoms with E-state index < -0.39 is 25.0 Å². The van der Waals surface area contributed by atoms with E-state index in [0.29, 0.717) is 67.3 Å². The minimum atomic E-state index is -1.82. The van der Waals surface area contributed by atoms with Crippen molar-refractivity contribution in [2.24, 2.45) is 0 Å². The van der Waals surface area contributed by atoms with Crippen LogP contribution < -0.4 is 17.2 Å². The van der Waals surface area contributed by atoms with Crippen molar-refractivity contribution in [3.05, 3.63) is 133 Å². The van der Waals surface area contributed by atoms with Crippen molar-refractivity contribution in [3.63, 3.8) is 0 Å². The quantitative estimate of drug-likeness (QED) is 0.0235. The van der Waals surface area contributed by atoms with Gasteiger partial charge in [-0.05, 0) is 118 Å². The van der Waals surface area contributed by atoms with Crippen molar-refractivity contribution in [2.75, 3.05) is 43.6 Å². The number of benzene rings is 3. The topological polar surface area (TPSA) is 224 Å². The Hall–Kier alpha value is -7.34. The summed E-state index contributed by atoms with van der Waals surface area (Å²) in [7, 11) is -5.34. The molecule has 9 aromatic rings. The summed E-state index contributed by atoms with van der Waals surface area (Å²) >= 11 is 0. The van der Waals surface area contributed by atoms with Crippen LogP contribution >= 0.6 is 0 Å². The third-order valence-corrected chi connectivity index (χ3v) is 32.6. The van der Waals surface area contributed by atoms with E-state index in [1.807, 2.05) is 49.6 Å². The van der Waals surface area contributed by atoms with E-state index in [2.05, 4.69) is 216 Å². The van der Waals surface area contributed by atoms with E-state index in [0.717, 1.165) is 111 Å². The highest BCUT2D eigenvalue weighted by Crippen LogP contribution is 2.43. The highest BCUT2D eigenvalue weighted by Gasteiger charge is 2.39. The molecule has 500 valence electrons. The Balaban J connectivity index is 0.000000198. The number of aromatic nitrogens is 9. The van der Waals surface area contributed by atoms with Crippen molar-refractivity contribution in [1.82, 2.24) is 43.6 Å². The van der Waals surface area contributed by atoms with E-state index in [9.17, 15) is 4.79 Å². The van der Waals surface area contributed by atoms with Crippen LogP contribution in [0.1, 0.15) is 135 Å². The summed E-state index contributed by atoms with van der Waals surface area (Å²) in [5, 5.41) is 3.09. The second kappa shape index (κ2) is 29.9. The van der Waals surface area contributed by atoms with E-state index in [1.165, 1.54) is 23.8 Å². The fourth-order valence-electron chi connectivity index (χ4n) is 10.4. The Morgan fingerprint density at radius 3 is 1.20 bits per heavy atom. The van der Waals surface area contributed by atoms with Gasteiger partial charge in [-0.25, -0.2) is 29.9 Å². The van der Waals surface area contributed by atoms with Crippen LogP contribution in [-0.2, 0) is 37.6 Å². The molecule has 93 heavy (non-hydrogen) atoms. The molecule has 20 heteroatoms. The van der Waals surface area contributed by atoms with E-state index in [-0.39, 0.29) is 20.9 Å². The Labute approximate surface area is 556 Å². The van der Waals surface area contributed by atoms with Crippen molar-refractivity contribution in [2.45, 2.75) is 197 Å². The number of hydrogen-bond acceptors (Lipinski definition) is 14. The van der Waals surface area contributed by atoms with Gasteiger partial charge in [-0.15, -0.1) is 0 Å². The zero-order valence-electron chi connectivity index (χ0n) is 59.5. The number of aryl methyl sites for hydroxylation is 6. The number of Topliss-reactive ketones (excluding diaryl/α,β-unsaturated/α-hetero) is 1. The SMILES string of the molecule is C=C(OCC)c1c(-c2ccc(C)cc2)c2c(N)ncnc2n1CCCO[Si](C)(C)C(C)(C)C.CCC(=O)c1c(-c2ccc(C)cc2)c2c(N)ncnc2n1CCCO[Si](C)(C)C(C)(C)C.Cc1ccc(-c2cn(CCCO[Si](C)(C)C(C)(C)C)c3ncnc(N)c23)cc1. The van der Waals surface area contributed by atoms with E-state index in [4.69, 9.17) is 35.2 Å². The van der Waals surface area contributed by atoms with Crippen LogP contribution in [0.25, 0.3) is 72.2 Å². The number of ketones is 1. The minimum Gasteiger partial charge on any atom is -0.492 e. The molecule has 0 saturated heterocycles. The second-order valence-electron chi connectivity index (χ2n) is 29.0. The van der Waals surface area contributed by atoms with Crippen molar-refractivity contribution in [3.8, 4) is 33.4 Å². The maximum atomic E-state index is 13.2. The minimum absolute atomic E-state index is 0.0725. The number of fused-ring (bicyclic) bond motifs is 3. The molecule has 0 atom stereocenters. The zero-order chi connectivity index (χ0) is 68.6. The number of nitrogens with zero attached hydrogens (tertiary/aromatic N) is 9. The lowest BCUT2D eigenvalue weighted by molar-refractivity contribution is 0.0979. The Morgan fingerprint density at radius 2 is 0.828 bits per heavy atom. The highest BCUT2D eigenvalue weighted by molar-refractivity contribution is 6.75. The summed E-state index contributed by atoms with van der Waals surface area (Å²) in [5.74, 6) is 2.06. The first-order valence-corrected chi connectivity index (χ1v) is 41.6. The van der Waals surface area contributed by atoms with Crippen molar-refractivity contribution < 1.29 is 22.8 Å². The molecule has 0 bridgehead atoms. The fourth-order valence-corrected chi connectivity index (χ4v) is 13.7. The Bertz CT molecular complexity index is 4020. The van der Waals surface area contributed by atoms with Crippen molar-refractivity contribution >= 4 is 87.0 Å². The average molecular weight is 1320 g/mol. The molecule has 6 N–H and O–H groups in total. The number of carbonyl (C=O) groups excluding carboxylic acids is 1. The molecule has 0 unspecified atom stereocenters. The molecule has 0 aliphatic carbocycles. The third kappa shape index (κ3) is 17.0. The van der Waals surface area contributed by atoms with Crippen LogP contribution in [-0.4, -0.2) is 101 Å². The predicted molar refractivity (Wildman–Crippen MR) is 395 cm³/mol. The van der Waals surface area contributed by atoms with Gasteiger partial charge in [-0.2, -0.15) is 0 Å². The molecule has 0 fully saturated rings. The number of anilines is 3. The molecule has 0 aliphatic heterocycles. The molecule has 6 aromatic heterocycles. The van der Waals surface area contributed by atoms with Gasteiger partial charge >= 0.3 is 0 Å². The summed E-state index contributed by atoms with van der Waals surface area (Å²) in [6, 6.07) is 25.0. The van der Waals surface area contributed by atoms with Crippen LogP contribution in [0.3, 0.4) is 0 Å². The summed E-state index contributed by atoms with van der Waals surface area (Å²) in [6.45, 7) is 53.1. The lowest BCUT2D eigenvalue weighted by Crippen LogP contribution is -2.41. The lowest BCUT2D eigenvalue weighted by atomic mass is 9.99. The van der Waals surface area contributed by atoms with Gasteiger partial charge < -0.3 is 48.9 Å². The maximum Gasteiger partial charge on any atom is 0.191 e. The van der Waals surface area contributed by atoms with E-state index in [1.54, 1.807) is 6.33 Å². The van der Waals surface area contributed by atoms with Crippen molar-refractivity contribution in [1.29, 1.82) is 0 Å². The first-order valence-electron chi connectivity index (χ1n) is 32.9. The molecule has 0 spiro atoms. The van der Waals surface area contributed by atoms with Gasteiger partial charge in [-0.3, -0.25) is 4.79 Å². The molecular weight excluding hydrogens is 1210 g/mol. The van der Waals surface area contributed by atoms with Gasteiger partial charge in [0.05, 0.1) is 34.2 Å². The van der Waals surface area contributed by atoms with Gasteiger partial charge in [-0.1, -0.05) is 165 Å².